The highest BCUT2D eigenvalue weighted by Gasteiger charge is 2.39. The van der Waals surface area contributed by atoms with Crippen molar-refractivity contribution in [3.05, 3.63) is 70.5 Å². The van der Waals surface area contributed by atoms with Crippen LogP contribution in [0, 0.1) is 0 Å². The van der Waals surface area contributed by atoms with Gasteiger partial charge in [0.25, 0.3) is 11.8 Å². The molecule has 182 valence electrons. The van der Waals surface area contributed by atoms with Gasteiger partial charge in [-0.1, -0.05) is 17.3 Å². The van der Waals surface area contributed by atoms with E-state index in [9.17, 15) is 24.3 Å². The zero-order chi connectivity index (χ0) is 25.0. The molecule has 0 spiro atoms. The van der Waals surface area contributed by atoms with Crippen LogP contribution >= 0.6 is 0 Å². The van der Waals surface area contributed by atoms with Crippen molar-refractivity contribution < 1.29 is 24.3 Å². The minimum absolute atomic E-state index is 0.144. The lowest BCUT2D eigenvalue weighted by Gasteiger charge is -2.29. The molecule has 1 fully saturated rings. The van der Waals surface area contributed by atoms with Crippen molar-refractivity contribution in [2.24, 2.45) is 0 Å². The number of hydrogen-bond acceptors (Lipinski definition) is 7. The SMILES string of the molecule is O=C1CCC(N2Cc3cc(-n4cc(C(=O)NC5CCc6c(O)cccc65)nn4)ccc3C2=O)C(=O)N1. The van der Waals surface area contributed by atoms with E-state index >= 15 is 0 Å². The monoisotopic (exact) mass is 486 g/mol. The van der Waals surface area contributed by atoms with E-state index in [2.05, 4.69) is 20.9 Å². The highest BCUT2D eigenvalue weighted by molar-refractivity contribution is 6.05. The van der Waals surface area contributed by atoms with E-state index in [4.69, 9.17) is 0 Å². The fraction of sp³-hybridized carbons (Fsp3) is 0.280. The number of rotatable bonds is 4. The number of piperidine rings is 1. The van der Waals surface area contributed by atoms with Crippen molar-refractivity contribution in [2.75, 3.05) is 0 Å². The molecule has 1 aliphatic carbocycles. The zero-order valence-corrected chi connectivity index (χ0v) is 19.1. The molecule has 11 nitrogen and oxygen atoms in total. The van der Waals surface area contributed by atoms with Crippen LogP contribution in [-0.4, -0.2) is 54.7 Å². The van der Waals surface area contributed by atoms with Gasteiger partial charge in [0.05, 0.1) is 17.9 Å². The topological polar surface area (TPSA) is 147 Å². The summed E-state index contributed by atoms with van der Waals surface area (Å²) in [5.41, 5.74) is 3.74. The number of carbonyl (C=O) groups excluding carboxylic acids is 4. The quantitative estimate of drug-likeness (QED) is 0.469. The summed E-state index contributed by atoms with van der Waals surface area (Å²) in [4.78, 5) is 50.9. The number of fused-ring (bicyclic) bond motifs is 2. The number of aromatic hydroxyl groups is 1. The number of phenolic OH excluding ortho intramolecular Hbond substituents is 1. The maximum atomic E-state index is 12.9. The molecule has 1 saturated heterocycles. The first kappa shape index (κ1) is 22.0. The first-order valence-electron chi connectivity index (χ1n) is 11.7. The van der Waals surface area contributed by atoms with Crippen LogP contribution in [0.2, 0.25) is 0 Å². The van der Waals surface area contributed by atoms with Crippen LogP contribution in [0.5, 0.6) is 5.75 Å². The van der Waals surface area contributed by atoms with Crippen LogP contribution in [-0.2, 0) is 22.6 Å². The molecule has 2 aromatic carbocycles. The van der Waals surface area contributed by atoms with E-state index in [1.54, 1.807) is 30.3 Å². The normalized spacial score (nSPS) is 20.8. The summed E-state index contributed by atoms with van der Waals surface area (Å²) < 4.78 is 1.46. The first-order chi connectivity index (χ1) is 17.4. The number of benzene rings is 2. The molecule has 0 radical (unpaired) electrons. The Morgan fingerprint density at radius 1 is 1.11 bits per heavy atom. The minimum Gasteiger partial charge on any atom is -0.508 e. The van der Waals surface area contributed by atoms with Crippen molar-refractivity contribution in [3.63, 3.8) is 0 Å². The predicted molar refractivity (Wildman–Crippen MR) is 124 cm³/mol. The largest absolute Gasteiger partial charge is 0.508 e. The Labute approximate surface area is 205 Å². The second kappa shape index (κ2) is 8.29. The number of aromatic nitrogens is 3. The maximum absolute atomic E-state index is 12.9. The zero-order valence-electron chi connectivity index (χ0n) is 19.1. The molecule has 0 bridgehead atoms. The van der Waals surface area contributed by atoms with Gasteiger partial charge in [-0.05, 0) is 60.2 Å². The molecule has 3 aliphatic rings. The average Bonchev–Trinajstić information content (AvgIpc) is 3.58. The van der Waals surface area contributed by atoms with E-state index in [1.807, 2.05) is 6.07 Å². The molecule has 2 aliphatic heterocycles. The molecule has 0 saturated carbocycles. The third kappa shape index (κ3) is 3.60. The van der Waals surface area contributed by atoms with Crippen LogP contribution in [0.15, 0.2) is 42.6 Å². The Bertz CT molecular complexity index is 1450. The lowest BCUT2D eigenvalue weighted by molar-refractivity contribution is -0.136. The molecule has 2 unspecified atom stereocenters. The summed E-state index contributed by atoms with van der Waals surface area (Å²) in [6.07, 6.45) is 3.38. The predicted octanol–water partition coefficient (Wildman–Crippen LogP) is 1.15. The second-order valence-electron chi connectivity index (χ2n) is 9.20. The number of carbonyl (C=O) groups is 4. The molecular formula is C25H22N6O5. The molecule has 11 heteroatoms. The molecule has 4 amide bonds. The molecule has 6 rings (SSSR count). The second-order valence-corrected chi connectivity index (χ2v) is 9.20. The lowest BCUT2D eigenvalue weighted by atomic mass is 10.0. The molecular weight excluding hydrogens is 464 g/mol. The maximum Gasteiger partial charge on any atom is 0.273 e. The Kier molecular flexibility index (Phi) is 5.06. The van der Waals surface area contributed by atoms with Crippen LogP contribution in [0.25, 0.3) is 5.69 Å². The van der Waals surface area contributed by atoms with Crippen molar-refractivity contribution in [1.29, 1.82) is 0 Å². The molecule has 1 aromatic heterocycles. The van der Waals surface area contributed by atoms with E-state index in [-0.39, 0.29) is 48.2 Å². The van der Waals surface area contributed by atoms with Gasteiger partial charge in [0.15, 0.2) is 5.69 Å². The Balaban J connectivity index is 1.18. The lowest BCUT2D eigenvalue weighted by Crippen LogP contribution is -2.52. The summed E-state index contributed by atoms with van der Waals surface area (Å²) in [5, 5.41) is 23.4. The minimum atomic E-state index is -0.685. The fourth-order valence-corrected chi connectivity index (χ4v) is 5.21. The summed E-state index contributed by atoms with van der Waals surface area (Å²) >= 11 is 0. The third-order valence-electron chi connectivity index (χ3n) is 7.05. The van der Waals surface area contributed by atoms with Crippen molar-refractivity contribution in [1.82, 2.24) is 30.5 Å². The van der Waals surface area contributed by atoms with Gasteiger partial charge < -0.3 is 15.3 Å². The summed E-state index contributed by atoms with van der Waals surface area (Å²) in [6, 6.07) is 9.56. The van der Waals surface area contributed by atoms with E-state index in [0.29, 0.717) is 30.5 Å². The number of nitrogens with zero attached hydrogens (tertiary/aromatic N) is 4. The molecule has 3 aromatic rings. The number of nitrogens with one attached hydrogen (secondary N) is 2. The molecule has 36 heavy (non-hydrogen) atoms. The third-order valence-corrected chi connectivity index (χ3v) is 7.05. The number of phenols is 1. The van der Waals surface area contributed by atoms with Crippen molar-refractivity contribution >= 4 is 23.6 Å². The van der Waals surface area contributed by atoms with Gasteiger partial charge in [-0.2, -0.15) is 0 Å². The highest BCUT2D eigenvalue weighted by Crippen LogP contribution is 2.36. The highest BCUT2D eigenvalue weighted by atomic mass is 16.3. The number of amides is 4. The van der Waals surface area contributed by atoms with Gasteiger partial charge in [-0.15, -0.1) is 5.10 Å². The number of imide groups is 1. The molecule has 2 atom stereocenters. The standard InChI is InChI=1S/C25H22N6O5/c32-21-3-1-2-16-17(21)6-7-18(16)26-23(34)19-12-31(29-28-19)14-4-5-15-13(10-14)11-30(25(15)36)20-8-9-22(33)27-24(20)35/h1-5,10,12,18,20,32H,6-9,11H2,(H,26,34)(H,27,33,35). The summed E-state index contributed by atoms with van der Waals surface area (Å²) in [6.45, 7) is 0.240. The van der Waals surface area contributed by atoms with Gasteiger partial charge in [0.2, 0.25) is 11.8 Å². The molecule has 3 N–H and O–H groups in total. The van der Waals surface area contributed by atoms with Crippen LogP contribution in [0.1, 0.15) is 62.8 Å². The molecule has 3 heterocycles. The van der Waals surface area contributed by atoms with Crippen molar-refractivity contribution in [2.45, 2.75) is 44.3 Å². The Morgan fingerprint density at radius 2 is 1.97 bits per heavy atom. The Hall–Kier alpha value is -4.54. The first-order valence-corrected chi connectivity index (χ1v) is 11.7. The van der Waals surface area contributed by atoms with E-state index < -0.39 is 11.9 Å². The van der Waals surface area contributed by atoms with E-state index in [0.717, 1.165) is 16.7 Å². The van der Waals surface area contributed by atoms with Gasteiger partial charge in [-0.3, -0.25) is 24.5 Å². The van der Waals surface area contributed by atoms with Gasteiger partial charge in [0.1, 0.15) is 11.8 Å². The summed E-state index contributed by atoms with van der Waals surface area (Å²) in [7, 11) is 0. The van der Waals surface area contributed by atoms with Crippen LogP contribution in [0.4, 0.5) is 0 Å². The van der Waals surface area contributed by atoms with Crippen LogP contribution in [0.3, 0.4) is 0 Å². The van der Waals surface area contributed by atoms with Gasteiger partial charge in [-0.25, -0.2) is 4.68 Å². The number of hydrogen-bond donors (Lipinski definition) is 3. The fourth-order valence-electron chi connectivity index (χ4n) is 5.21. The average molecular weight is 486 g/mol. The van der Waals surface area contributed by atoms with Gasteiger partial charge >= 0.3 is 0 Å². The smallest absolute Gasteiger partial charge is 0.273 e. The summed E-state index contributed by atoms with van der Waals surface area (Å²) in [5.74, 6) is -1.18. The van der Waals surface area contributed by atoms with Crippen LogP contribution < -0.4 is 10.6 Å². The van der Waals surface area contributed by atoms with Gasteiger partial charge in [0, 0.05) is 18.5 Å². The van der Waals surface area contributed by atoms with E-state index in [1.165, 1.54) is 15.8 Å². The Morgan fingerprint density at radius 3 is 2.81 bits per heavy atom. The van der Waals surface area contributed by atoms with Crippen molar-refractivity contribution in [3.8, 4) is 11.4 Å².